The number of hydrogen-bond acceptors (Lipinski definition) is 4. The van der Waals surface area contributed by atoms with Gasteiger partial charge in [-0.05, 0) is 44.8 Å². The van der Waals surface area contributed by atoms with Crippen LogP contribution in [0.2, 0.25) is 0 Å². The Kier molecular flexibility index (Phi) is 3.95. The van der Waals surface area contributed by atoms with E-state index >= 15 is 0 Å². The molecule has 21 heavy (non-hydrogen) atoms. The minimum absolute atomic E-state index is 0.0693. The average Bonchev–Trinajstić information content (AvgIpc) is 2.44. The van der Waals surface area contributed by atoms with Gasteiger partial charge >= 0.3 is 6.03 Å². The van der Waals surface area contributed by atoms with Crippen molar-refractivity contribution in [3.8, 4) is 0 Å². The number of benzene rings is 1. The Hall–Kier alpha value is -2.41. The van der Waals surface area contributed by atoms with Gasteiger partial charge in [-0.15, -0.1) is 0 Å². The lowest BCUT2D eigenvalue weighted by Crippen LogP contribution is -2.42. The van der Waals surface area contributed by atoms with Gasteiger partial charge in [0.2, 0.25) is 0 Å². The molecule has 0 fully saturated rings. The summed E-state index contributed by atoms with van der Waals surface area (Å²) in [7, 11) is -3.91. The van der Waals surface area contributed by atoms with Gasteiger partial charge in [0.05, 0.1) is 5.69 Å². The van der Waals surface area contributed by atoms with Gasteiger partial charge in [-0.3, -0.25) is 4.99 Å². The fourth-order valence-electron chi connectivity index (χ4n) is 1.88. The number of allylic oxidation sites excluding steroid dienone is 4. The third-order valence-corrected chi connectivity index (χ3v) is 4.81. The highest BCUT2D eigenvalue weighted by Gasteiger charge is 2.37. The van der Waals surface area contributed by atoms with Gasteiger partial charge in [0, 0.05) is 11.4 Å². The van der Waals surface area contributed by atoms with Crippen LogP contribution >= 0.6 is 0 Å². The highest BCUT2D eigenvalue weighted by atomic mass is 32.2. The second-order valence-electron chi connectivity index (χ2n) is 4.47. The summed E-state index contributed by atoms with van der Waals surface area (Å²) in [6, 6.07) is 5.56. The van der Waals surface area contributed by atoms with E-state index in [0.29, 0.717) is 5.70 Å². The van der Waals surface area contributed by atoms with Crippen molar-refractivity contribution < 1.29 is 13.2 Å². The van der Waals surface area contributed by atoms with Crippen molar-refractivity contribution in [2.45, 2.75) is 18.7 Å². The molecule has 0 saturated carbocycles. The highest BCUT2D eigenvalue weighted by Crippen LogP contribution is 2.31. The van der Waals surface area contributed by atoms with Crippen LogP contribution in [-0.2, 0) is 10.0 Å². The van der Waals surface area contributed by atoms with Gasteiger partial charge in [-0.1, -0.05) is 12.1 Å². The molecular formula is C14H15N3O3S. The van der Waals surface area contributed by atoms with E-state index < -0.39 is 16.1 Å². The Morgan fingerprint density at radius 1 is 1.29 bits per heavy atom. The Balaban J connectivity index is 2.51. The van der Waals surface area contributed by atoms with Gasteiger partial charge in [0.1, 0.15) is 4.90 Å². The van der Waals surface area contributed by atoms with E-state index in [4.69, 9.17) is 0 Å². The van der Waals surface area contributed by atoms with E-state index in [1.807, 2.05) is 0 Å². The Bertz CT molecular complexity index is 763. The fraction of sp³-hybridized carbons (Fsp3) is 0.143. The van der Waals surface area contributed by atoms with Crippen molar-refractivity contribution in [3.63, 3.8) is 0 Å². The van der Waals surface area contributed by atoms with Gasteiger partial charge < -0.3 is 5.32 Å². The third-order valence-electron chi connectivity index (χ3n) is 2.97. The van der Waals surface area contributed by atoms with Crippen molar-refractivity contribution >= 4 is 28.5 Å². The minimum Gasteiger partial charge on any atom is -0.305 e. The van der Waals surface area contributed by atoms with Gasteiger partial charge in [-0.25, -0.2) is 13.2 Å². The molecule has 6 nitrogen and oxygen atoms in total. The number of rotatable bonds is 3. The number of sulfonamides is 1. The van der Waals surface area contributed by atoms with E-state index in [1.54, 1.807) is 31.2 Å². The van der Waals surface area contributed by atoms with Crippen LogP contribution in [0.5, 0.6) is 0 Å². The average molecular weight is 305 g/mol. The monoisotopic (exact) mass is 305 g/mol. The molecule has 0 radical (unpaired) electrons. The van der Waals surface area contributed by atoms with Gasteiger partial charge in [0.15, 0.2) is 0 Å². The molecule has 1 aromatic rings. The van der Waals surface area contributed by atoms with Crippen molar-refractivity contribution in [1.29, 1.82) is 0 Å². The summed E-state index contributed by atoms with van der Waals surface area (Å²) in [6.45, 7) is 6.62. The molecule has 0 aliphatic carbocycles. The summed E-state index contributed by atoms with van der Waals surface area (Å²) in [4.78, 5) is 15.8. The molecule has 0 bridgehead atoms. The summed E-state index contributed by atoms with van der Waals surface area (Å²) in [6.07, 6.45) is 3.10. The van der Waals surface area contributed by atoms with Crippen molar-refractivity contribution in [1.82, 2.24) is 4.31 Å². The number of nitrogens with zero attached hydrogens (tertiary/aromatic N) is 2. The number of para-hydroxylation sites is 1. The summed E-state index contributed by atoms with van der Waals surface area (Å²) >= 11 is 0. The molecule has 7 heteroatoms. The van der Waals surface area contributed by atoms with Crippen LogP contribution in [0.4, 0.5) is 10.5 Å². The Morgan fingerprint density at radius 2 is 1.95 bits per heavy atom. The normalized spacial score (nSPS) is 18.0. The Morgan fingerprint density at radius 3 is 2.62 bits per heavy atom. The molecule has 1 aliphatic rings. The topological polar surface area (TPSA) is 78.8 Å². The standard InChI is InChI=1S/C14H15N3O3S/c1-10(15-3)8-9-11(2)17-14(18)16-12-6-4-5-7-13(12)21(17,19)20/h4-9H,3H2,1-2H3,(H,16,18). The molecule has 0 atom stereocenters. The van der Waals surface area contributed by atoms with Crippen LogP contribution < -0.4 is 5.32 Å². The summed E-state index contributed by atoms with van der Waals surface area (Å²) in [5.74, 6) is 0. The first-order valence-electron chi connectivity index (χ1n) is 6.15. The van der Waals surface area contributed by atoms with E-state index in [-0.39, 0.29) is 16.3 Å². The maximum atomic E-state index is 12.5. The van der Waals surface area contributed by atoms with Crippen molar-refractivity contribution in [2.75, 3.05) is 5.32 Å². The second-order valence-corrected chi connectivity index (χ2v) is 6.23. The largest absolute Gasteiger partial charge is 0.340 e. The van der Waals surface area contributed by atoms with E-state index in [2.05, 4.69) is 17.0 Å². The molecular weight excluding hydrogens is 290 g/mol. The highest BCUT2D eigenvalue weighted by molar-refractivity contribution is 7.90. The molecule has 2 rings (SSSR count). The molecule has 1 aliphatic heterocycles. The lowest BCUT2D eigenvalue weighted by molar-refractivity contribution is 0.241. The van der Waals surface area contributed by atoms with Crippen LogP contribution in [-0.4, -0.2) is 25.5 Å². The zero-order valence-electron chi connectivity index (χ0n) is 11.7. The quantitative estimate of drug-likeness (QED) is 0.689. The number of amides is 2. The summed E-state index contributed by atoms with van der Waals surface area (Å²) in [5.41, 5.74) is 1.17. The molecule has 1 heterocycles. The second kappa shape index (κ2) is 5.53. The number of fused-ring (bicyclic) bond motifs is 1. The molecule has 0 unspecified atom stereocenters. The molecule has 0 saturated heterocycles. The first-order valence-corrected chi connectivity index (χ1v) is 7.59. The van der Waals surface area contributed by atoms with Crippen molar-refractivity contribution in [3.05, 3.63) is 47.8 Å². The third kappa shape index (κ3) is 2.73. The number of urea groups is 1. The van der Waals surface area contributed by atoms with Crippen LogP contribution in [0.1, 0.15) is 13.8 Å². The summed E-state index contributed by atoms with van der Waals surface area (Å²) in [5, 5.41) is 2.56. The molecule has 0 aromatic heterocycles. The molecule has 1 aromatic carbocycles. The Labute approximate surface area is 123 Å². The molecule has 110 valence electrons. The number of aliphatic imine (C=N–C) groups is 1. The number of nitrogens with one attached hydrogen (secondary N) is 1. The molecule has 0 spiro atoms. The molecule has 2 amide bonds. The molecule has 1 N–H and O–H groups in total. The van der Waals surface area contributed by atoms with Crippen LogP contribution in [0, 0.1) is 0 Å². The van der Waals surface area contributed by atoms with Crippen LogP contribution in [0.15, 0.2) is 57.7 Å². The smallest absolute Gasteiger partial charge is 0.305 e. The maximum Gasteiger partial charge on any atom is 0.340 e. The summed E-state index contributed by atoms with van der Waals surface area (Å²) < 4.78 is 25.8. The van der Waals surface area contributed by atoms with Crippen LogP contribution in [0.3, 0.4) is 0 Å². The first-order chi connectivity index (χ1) is 9.87. The lowest BCUT2D eigenvalue weighted by Gasteiger charge is -2.28. The van der Waals surface area contributed by atoms with E-state index in [9.17, 15) is 13.2 Å². The van der Waals surface area contributed by atoms with E-state index in [1.165, 1.54) is 19.1 Å². The van der Waals surface area contributed by atoms with Crippen molar-refractivity contribution in [2.24, 2.45) is 4.99 Å². The maximum absolute atomic E-state index is 12.5. The first kappa shape index (κ1) is 15.0. The van der Waals surface area contributed by atoms with Gasteiger partial charge in [-0.2, -0.15) is 4.31 Å². The number of carbonyl (C=O) groups excluding carboxylic acids is 1. The number of anilines is 1. The lowest BCUT2D eigenvalue weighted by atomic mass is 10.3. The predicted octanol–water partition coefficient (Wildman–Crippen LogP) is 2.73. The zero-order valence-corrected chi connectivity index (χ0v) is 12.5. The predicted molar refractivity (Wildman–Crippen MR) is 81.5 cm³/mol. The zero-order chi connectivity index (χ0) is 15.6. The fourth-order valence-corrected chi connectivity index (χ4v) is 3.43. The van der Waals surface area contributed by atoms with Crippen LogP contribution in [0.25, 0.3) is 0 Å². The van der Waals surface area contributed by atoms with Gasteiger partial charge in [0.25, 0.3) is 10.0 Å². The number of carbonyl (C=O) groups is 1. The minimum atomic E-state index is -3.91. The number of hydrogen-bond donors (Lipinski definition) is 1. The SMILES string of the molecule is C=NC(C)=CC=C(C)N1C(=O)Nc2ccccc2S1(=O)=O. The van der Waals surface area contributed by atoms with E-state index in [0.717, 1.165) is 4.31 Å².